The maximum absolute atomic E-state index is 13.3. The zero-order chi connectivity index (χ0) is 51.8. The standard InChI is InChI=1S/C21H22ClFN4O4.C15H15ClFN3O.C12H12N2O6.CH4/c1-27-9-14-13(19(27)20(29)25-11-2-5-16(23)15(22)8-11)4-6-17(14)26-21(30)31-10-12-3-7-18(28)24-12;1-20-7-10-9(3-5-13(10)18)14(20)15(21)19-8-2-4-12(17)11(16)6-8;15-11-6-1-8(13-11)7-19-12(16)20-10-4-2-9(3-5-10)14(17)18;/h2,5,8-9,12,17H,3-4,6-7,10H2,1H3,(H,24,28)(H,25,29)(H,26,30);2,4,6-7,13H,3,5,18H2,1H3,(H,19,21);2-5,8H,1,6-7H2,(H,13,15);1H4/t12-,17?;;8-;/m1.1./s1. The van der Waals surface area contributed by atoms with Crippen LogP contribution in [-0.2, 0) is 46.0 Å². The van der Waals surface area contributed by atoms with Crippen molar-refractivity contribution in [2.45, 2.75) is 83.0 Å². The highest BCUT2D eigenvalue weighted by Crippen LogP contribution is 2.36. The lowest BCUT2D eigenvalue weighted by atomic mass is 10.1. The number of aryl methyl sites for hydroxylation is 2. The van der Waals surface area contributed by atoms with E-state index in [2.05, 4.69) is 26.6 Å². The molecule has 4 atom stereocenters. The zero-order valence-electron chi connectivity index (χ0n) is 38.7. The molecule has 2 aromatic heterocycles. The first-order chi connectivity index (χ1) is 34.3. The molecule has 2 saturated heterocycles. The van der Waals surface area contributed by atoms with E-state index in [1.807, 2.05) is 19.4 Å². The number of aromatic nitrogens is 2. The molecule has 24 heteroatoms. The molecule has 0 spiro atoms. The van der Waals surface area contributed by atoms with Gasteiger partial charge >= 0.3 is 12.2 Å². The Bertz CT molecular complexity index is 2910. The van der Waals surface area contributed by atoms with Crippen LogP contribution in [0.5, 0.6) is 5.75 Å². The molecule has 2 aliphatic heterocycles. The van der Waals surface area contributed by atoms with Gasteiger partial charge in [-0.15, -0.1) is 0 Å². The maximum Gasteiger partial charge on any atom is 0.513 e. The second kappa shape index (κ2) is 24.2. The molecule has 5 aromatic rings. The van der Waals surface area contributed by atoms with E-state index < -0.39 is 28.8 Å². The summed E-state index contributed by atoms with van der Waals surface area (Å²) in [6.45, 7) is 0.164. The Morgan fingerprint density at radius 3 is 1.73 bits per heavy atom. The van der Waals surface area contributed by atoms with Crippen molar-refractivity contribution in [3.05, 3.63) is 138 Å². The highest BCUT2D eigenvalue weighted by atomic mass is 35.5. The van der Waals surface area contributed by atoms with Crippen LogP contribution >= 0.6 is 23.2 Å². The summed E-state index contributed by atoms with van der Waals surface area (Å²) in [6, 6.07) is 12.5. The van der Waals surface area contributed by atoms with Gasteiger partial charge in [0.2, 0.25) is 11.8 Å². The van der Waals surface area contributed by atoms with E-state index in [4.69, 9.17) is 43.1 Å². The number of nitrogens with two attached hydrogens (primary N) is 1. The third-order valence-corrected chi connectivity index (χ3v) is 12.7. The predicted octanol–water partition coefficient (Wildman–Crippen LogP) is 8.10. The molecule has 2 aliphatic carbocycles. The number of benzene rings is 3. The molecule has 7 N–H and O–H groups in total. The number of nitro groups is 1. The summed E-state index contributed by atoms with van der Waals surface area (Å²) in [4.78, 5) is 80.9. The van der Waals surface area contributed by atoms with Crippen molar-refractivity contribution in [2.24, 2.45) is 19.8 Å². The highest BCUT2D eigenvalue weighted by molar-refractivity contribution is 6.31. The molecule has 3 aromatic carbocycles. The summed E-state index contributed by atoms with van der Waals surface area (Å²) in [5, 5.41) is 24.1. The first-order valence-electron chi connectivity index (χ1n) is 22.6. The third-order valence-electron chi connectivity index (χ3n) is 12.1. The minimum atomic E-state index is -0.917. The van der Waals surface area contributed by atoms with Gasteiger partial charge < -0.3 is 55.7 Å². The van der Waals surface area contributed by atoms with Crippen molar-refractivity contribution in [2.75, 3.05) is 23.8 Å². The van der Waals surface area contributed by atoms with Crippen LogP contribution in [0.15, 0.2) is 73.1 Å². The molecule has 4 aliphatic rings. The van der Waals surface area contributed by atoms with E-state index in [1.165, 1.54) is 60.7 Å². The number of carbonyl (C=O) groups excluding carboxylic acids is 6. The van der Waals surface area contributed by atoms with E-state index in [9.17, 15) is 47.7 Å². The van der Waals surface area contributed by atoms with Crippen LogP contribution in [0.1, 0.15) is 101 Å². The van der Waals surface area contributed by atoms with Gasteiger partial charge in [0, 0.05) is 68.9 Å². The van der Waals surface area contributed by atoms with Crippen molar-refractivity contribution >= 4 is 76.1 Å². The number of ether oxygens (including phenoxy) is 3. The lowest BCUT2D eigenvalue weighted by Gasteiger charge is -2.15. The number of halogens is 4. The van der Waals surface area contributed by atoms with Crippen molar-refractivity contribution < 1.29 is 56.7 Å². The van der Waals surface area contributed by atoms with Gasteiger partial charge in [-0.1, -0.05) is 30.6 Å². The largest absolute Gasteiger partial charge is 0.513 e. The molecule has 20 nitrogen and oxygen atoms in total. The number of carbonyl (C=O) groups is 6. The smallest absolute Gasteiger partial charge is 0.447 e. The number of amides is 5. The number of non-ortho nitro benzene ring substituents is 1. The van der Waals surface area contributed by atoms with E-state index >= 15 is 0 Å². The van der Waals surface area contributed by atoms with E-state index in [-0.39, 0.29) is 89.9 Å². The van der Waals surface area contributed by atoms with Crippen LogP contribution in [0.3, 0.4) is 0 Å². The van der Waals surface area contributed by atoms with Crippen LogP contribution in [-0.4, -0.2) is 75.2 Å². The average molecular weight is 1050 g/mol. The Labute approximate surface area is 427 Å². The molecule has 0 saturated carbocycles. The number of nitrogens with one attached hydrogen (secondary N) is 5. The van der Waals surface area contributed by atoms with Crippen LogP contribution < -0.4 is 37.1 Å². The molecule has 4 heterocycles. The Hall–Kier alpha value is -7.56. The summed E-state index contributed by atoms with van der Waals surface area (Å²) in [6.07, 6.45) is 7.28. The molecule has 9 rings (SSSR count). The van der Waals surface area contributed by atoms with Crippen molar-refractivity contribution in [3.8, 4) is 5.75 Å². The second-order valence-electron chi connectivity index (χ2n) is 17.2. The number of fused-ring (bicyclic) bond motifs is 2. The van der Waals surface area contributed by atoms with Gasteiger partial charge in [0.25, 0.3) is 17.5 Å². The number of rotatable bonds is 11. The normalized spacial score (nSPS) is 18.0. The number of nitrogens with zero attached hydrogens (tertiary/aromatic N) is 3. The lowest BCUT2D eigenvalue weighted by molar-refractivity contribution is -0.384. The number of hydrogen-bond acceptors (Lipinski definition) is 12. The predicted molar refractivity (Wildman–Crippen MR) is 264 cm³/mol. The van der Waals surface area contributed by atoms with Gasteiger partial charge in [0.1, 0.15) is 42.0 Å². The van der Waals surface area contributed by atoms with Crippen molar-refractivity contribution in [1.82, 2.24) is 25.1 Å². The summed E-state index contributed by atoms with van der Waals surface area (Å²) in [7, 11) is 3.57. The summed E-state index contributed by atoms with van der Waals surface area (Å²) in [5.74, 6) is -1.61. The first kappa shape index (κ1) is 54.8. The SMILES string of the molecule is C.Cn1cc2c(c1C(=O)Nc1ccc(F)c(Cl)c1)CCC2N.Cn1cc2c(c1C(=O)Nc1ccc(F)c(Cl)c1)CCC2NC(=O)OC[C@H]1CCC(=O)N1.O=C1CC[C@H](COC(=O)Oc2ccc([N+](=O)[O-])cc2)N1. The number of anilines is 2. The summed E-state index contributed by atoms with van der Waals surface area (Å²) < 4.78 is 44.9. The van der Waals surface area contributed by atoms with Gasteiger partial charge in [-0.3, -0.25) is 29.3 Å². The minimum Gasteiger partial charge on any atom is -0.447 e. The zero-order valence-corrected chi connectivity index (χ0v) is 40.2. The summed E-state index contributed by atoms with van der Waals surface area (Å²) >= 11 is 11.5. The van der Waals surface area contributed by atoms with Gasteiger partial charge in [0.15, 0.2) is 0 Å². The molecular formula is C49H53Cl2F2N9O11. The van der Waals surface area contributed by atoms with E-state index in [1.54, 1.807) is 16.2 Å². The van der Waals surface area contributed by atoms with Crippen LogP contribution in [0.2, 0.25) is 10.0 Å². The van der Waals surface area contributed by atoms with E-state index in [0.717, 1.165) is 35.1 Å². The molecule has 388 valence electrons. The molecule has 73 heavy (non-hydrogen) atoms. The molecule has 2 fully saturated rings. The van der Waals surface area contributed by atoms with Crippen molar-refractivity contribution in [1.29, 1.82) is 0 Å². The van der Waals surface area contributed by atoms with Gasteiger partial charge in [-0.25, -0.2) is 18.4 Å². The Kier molecular flexibility index (Phi) is 18.2. The molecule has 2 unspecified atom stereocenters. The lowest BCUT2D eigenvalue weighted by Crippen LogP contribution is -2.34. The van der Waals surface area contributed by atoms with E-state index in [0.29, 0.717) is 61.3 Å². The van der Waals surface area contributed by atoms with Crippen molar-refractivity contribution in [3.63, 3.8) is 0 Å². The second-order valence-corrected chi connectivity index (χ2v) is 18.0. The molecule has 0 radical (unpaired) electrons. The number of hydrogen-bond donors (Lipinski definition) is 6. The Morgan fingerprint density at radius 1 is 0.740 bits per heavy atom. The molecule has 0 bridgehead atoms. The number of nitro benzene ring substituents is 1. The fraction of sp³-hybridized carbons (Fsp3) is 0.347. The maximum atomic E-state index is 13.3. The minimum absolute atomic E-state index is 0. The fourth-order valence-corrected chi connectivity index (χ4v) is 8.98. The van der Waals surface area contributed by atoms with Gasteiger partial charge in [-0.2, -0.15) is 0 Å². The Morgan fingerprint density at radius 2 is 1.23 bits per heavy atom. The van der Waals surface area contributed by atoms with Crippen LogP contribution in [0.4, 0.5) is 35.4 Å². The Balaban J connectivity index is 0.000000184. The van der Waals surface area contributed by atoms with Crippen LogP contribution in [0.25, 0.3) is 0 Å². The summed E-state index contributed by atoms with van der Waals surface area (Å²) in [5.41, 5.74) is 11.6. The highest BCUT2D eigenvalue weighted by Gasteiger charge is 2.33. The molecule has 5 amide bonds. The fourth-order valence-electron chi connectivity index (χ4n) is 8.61. The monoisotopic (exact) mass is 1050 g/mol. The van der Waals surface area contributed by atoms with Gasteiger partial charge in [-0.05, 0) is 109 Å². The average Bonchev–Trinajstić information content (AvgIpc) is 4.21. The third kappa shape index (κ3) is 13.9. The topological polar surface area (TPSA) is 269 Å². The van der Waals surface area contributed by atoms with Gasteiger partial charge in [0.05, 0.1) is 33.1 Å². The molecular weight excluding hydrogens is 999 g/mol. The first-order valence-corrected chi connectivity index (χ1v) is 23.3. The van der Waals surface area contributed by atoms with Crippen LogP contribution in [0, 0.1) is 21.7 Å². The quantitative estimate of drug-likeness (QED) is 0.0317. The number of alkyl carbamates (subject to hydrolysis) is 1.